The predicted molar refractivity (Wildman–Crippen MR) is 84.0 cm³/mol. The fraction of sp³-hybridized carbons (Fsp3) is 0.176. The Balaban J connectivity index is 1.62. The highest BCUT2D eigenvalue weighted by molar-refractivity contribution is 5.92. The largest absolute Gasteiger partial charge is 0.496 e. The van der Waals surface area contributed by atoms with Crippen molar-refractivity contribution in [2.45, 2.75) is 12.8 Å². The molecule has 0 spiro atoms. The molecular weight excluding hydrogens is 280 g/mol. The average molecular weight is 296 g/mol. The Hall–Kier alpha value is -2.82. The van der Waals surface area contributed by atoms with Crippen molar-refractivity contribution in [2.24, 2.45) is 0 Å². The van der Waals surface area contributed by atoms with Crippen molar-refractivity contribution in [2.75, 3.05) is 12.4 Å². The van der Waals surface area contributed by atoms with Gasteiger partial charge in [-0.05, 0) is 30.2 Å². The van der Waals surface area contributed by atoms with Gasteiger partial charge in [0.25, 0.3) is 0 Å². The molecule has 1 N–H and O–H groups in total. The van der Waals surface area contributed by atoms with Crippen LogP contribution in [0.1, 0.15) is 12.0 Å². The summed E-state index contributed by atoms with van der Waals surface area (Å²) in [5.41, 5.74) is 3.15. The number of hydrogen-bond acceptors (Lipinski definition) is 4. The summed E-state index contributed by atoms with van der Waals surface area (Å²) in [5.74, 6) is 0.753. The van der Waals surface area contributed by atoms with Gasteiger partial charge in [0.1, 0.15) is 11.3 Å². The molecule has 22 heavy (non-hydrogen) atoms. The third-order valence-electron chi connectivity index (χ3n) is 3.43. The summed E-state index contributed by atoms with van der Waals surface area (Å²) in [6.07, 6.45) is 2.40. The zero-order valence-corrected chi connectivity index (χ0v) is 12.2. The zero-order valence-electron chi connectivity index (χ0n) is 12.2. The SMILES string of the molecule is COc1ccccc1CCC(=O)Nc1ccc2ncoc2c1. The van der Waals surface area contributed by atoms with E-state index in [1.165, 1.54) is 6.39 Å². The van der Waals surface area contributed by atoms with Gasteiger partial charge in [0, 0.05) is 18.2 Å². The molecule has 5 nitrogen and oxygen atoms in total. The van der Waals surface area contributed by atoms with Crippen LogP contribution in [0.15, 0.2) is 53.3 Å². The van der Waals surface area contributed by atoms with Crippen molar-refractivity contribution in [3.63, 3.8) is 0 Å². The molecule has 0 aliphatic carbocycles. The van der Waals surface area contributed by atoms with Gasteiger partial charge >= 0.3 is 0 Å². The molecular formula is C17H16N2O3. The van der Waals surface area contributed by atoms with Gasteiger partial charge in [-0.2, -0.15) is 0 Å². The molecule has 0 aliphatic heterocycles. The van der Waals surface area contributed by atoms with Crippen LogP contribution in [0.25, 0.3) is 11.1 Å². The molecule has 0 unspecified atom stereocenters. The molecule has 0 saturated heterocycles. The van der Waals surface area contributed by atoms with Crippen LogP contribution in [-0.2, 0) is 11.2 Å². The minimum absolute atomic E-state index is 0.0511. The van der Waals surface area contributed by atoms with E-state index in [1.807, 2.05) is 36.4 Å². The summed E-state index contributed by atoms with van der Waals surface area (Å²) < 4.78 is 10.5. The molecule has 0 fully saturated rings. The number of para-hydroxylation sites is 1. The van der Waals surface area contributed by atoms with Crippen LogP contribution in [0, 0.1) is 0 Å². The molecule has 0 saturated carbocycles. The van der Waals surface area contributed by atoms with E-state index in [0.29, 0.717) is 24.1 Å². The van der Waals surface area contributed by atoms with Crippen molar-refractivity contribution in [3.8, 4) is 5.75 Å². The number of aromatic nitrogens is 1. The highest BCUT2D eigenvalue weighted by Crippen LogP contribution is 2.20. The second kappa shape index (κ2) is 6.30. The first-order valence-electron chi connectivity index (χ1n) is 7.01. The maximum atomic E-state index is 12.1. The molecule has 1 amide bonds. The van der Waals surface area contributed by atoms with Gasteiger partial charge in [0.05, 0.1) is 7.11 Å². The quantitative estimate of drug-likeness (QED) is 0.783. The second-order valence-corrected chi connectivity index (χ2v) is 4.89. The minimum atomic E-state index is -0.0511. The minimum Gasteiger partial charge on any atom is -0.496 e. The molecule has 3 rings (SSSR count). The topological polar surface area (TPSA) is 64.4 Å². The van der Waals surface area contributed by atoms with Gasteiger partial charge in [-0.25, -0.2) is 4.98 Å². The zero-order chi connectivity index (χ0) is 15.4. The third-order valence-corrected chi connectivity index (χ3v) is 3.43. The maximum Gasteiger partial charge on any atom is 0.224 e. The fourth-order valence-corrected chi connectivity index (χ4v) is 2.31. The summed E-state index contributed by atoms with van der Waals surface area (Å²) in [6, 6.07) is 13.1. The third kappa shape index (κ3) is 3.09. The van der Waals surface area contributed by atoms with Gasteiger partial charge < -0.3 is 14.5 Å². The lowest BCUT2D eigenvalue weighted by Gasteiger charge is -2.08. The Labute approximate surface area is 127 Å². The Bertz CT molecular complexity index is 795. The van der Waals surface area contributed by atoms with E-state index in [4.69, 9.17) is 9.15 Å². The molecule has 5 heteroatoms. The number of fused-ring (bicyclic) bond motifs is 1. The number of aryl methyl sites for hydroxylation is 1. The van der Waals surface area contributed by atoms with Crippen LogP contribution in [0.5, 0.6) is 5.75 Å². The number of amides is 1. The summed E-state index contributed by atoms with van der Waals surface area (Å²) in [6.45, 7) is 0. The number of carbonyl (C=O) groups excluding carboxylic acids is 1. The van der Waals surface area contributed by atoms with E-state index in [1.54, 1.807) is 13.2 Å². The number of rotatable bonds is 5. The highest BCUT2D eigenvalue weighted by atomic mass is 16.5. The number of nitrogens with one attached hydrogen (secondary N) is 1. The lowest BCUT2D eigenvalue weighted by molar-refractivity contribution is -0.116. The molecule has 0 bridgehead atoms. The normalized spacial score (nSPS) is 10.6. The van der Waals surface area contributed by atoms with Crippen molar-refractivity contribution >= 4 is 22.7 Å². The van der Waals surface area contributed by atoms with Crippen LogP contribution in [0.2, 0.25) is 0 Å². The van der Waals surface area contributed by atoms with Gasteiger partial charge in [-0.3, -0.25) is 4.79 Å². The molecule has 2 aromatic carbocycles. The first kappa shape index (κ1) is 14.1. The van der Waals surface area contributed by atoms with Gasteiger partial charge in [0.2, 0.25) is 5.91 Å². The number of oxazole rings is 1. The van der Waals surface area contributed by atoms with E-state index in [9.17, 15) is 4.79 Å². The highest BCUT2D eigenvalue weighted by Gasteiger charge is 2.08. The number of methoxy groups -OCH3 is 1. The second-order valence-electron chi connectivity index (χ2n) is 4.89. The van der Waals surface area contributed by atoms with Gasteiger partial charge in [-0.1, -0.05) is 18.2 Å². The summed E-state index contributed by atoms with van der Waals surface area (Å²) >= 11 is 0. The van der Waals surface area contributed by atoms with Crippen LogP contribution < -0.4 is 10.1 Å². The number of ether oxygens (including phenoxy) is 1. The Kier molecular flexibility index (Phi) is 4.05. The van der Waals surface area contributed by atoms with E-state index in [-0.39, 0.29) is 5.91 Å². The van der Waals surface area contributed by atoms with Crippen molar-refractivity contribution in [1.29, 1.82) is 0 Å². The smallest absolute Gasteiger partial charge is 0.224 e. The first-order valence-corrected chi connectivity index (χ1v) is 7.01. The van der Waals surface area contributed by atoms with Crippen LogP contribution in [0.4, 0.5) is 5.69 Å². The Morgan fingerprint density at radius 2 is 2.14 bits per heavy atom. The summed E-state index contributed by atoms with van der Waals surface area (Å²) in [5, 5.41) is 2.86. The van der Waals surface area contributed by atoms with Gasteiger partial charge in [0.15, 0.2) is 12.0 Å². The monoisotopic (exact) mass is 296 g/mol. The lowest BCUT2D eigenvalue weighted by atomic mass is 10.1. The number of hydrogen-bond donors (Lipinski definition) is 1. The van der Waals surface area contributed by atoms with E-state index >= 15 is 0 Å². The molecule has 112 valence electrons. The first-order chi connectivity index (χ1) is 10.8. The summed E-state index contributed by atoms with van der Waals surface area (Å²) in [4.78, 5) is 16.1. The average Bonchev–Trinajstić information content (AvgIpc) is 3.01. The number of carbonyl (C=O) groups is 1. The lowest BCUT2D eigenvalue weighted by Crippen LogP contribution is -2.12. The molecule has 0 radical (unpaired) electrons. The number of benzene rings is 2. The Morgan fingerprint density at radius 1 is 1.27 bits per heavy atom. The van der Waals surface area contributed by atoms with Crippen molar-refractivity contribution < 1.29 is 13.9 Å². The predicted octanol–water partition coefficient (Wildman–Crippen LogP) is 3.41. The fourth-order valence-electron chi connectivity index (χ4n) is 2.31. The van der Waals surface area contributed by atoms with Crippen molar-refractivity contribution in [3.05, 3.63) is 54.4 Å². The maximum absolute atomic E-state index is 12.1. The molecule has 1 aromatic heterocycles. The number of nitrogens with zero attached hydrogens (tertiary/aromatic N) is 1. The van der Waals surface area contributed by atoms with E-state index in [2.05, 4.69) is 10.3 Å². The van der Waals surface area contributed by atoms with E-state index < -0.39 is 0 Å². The Morgan fingerprint density at radius 3 is 3.00 bits per heavy atom. The summed E-state index contributed by atoms with van der Waals surface area (Å²) in [7, 11) is 1.63. The van der Waals surface area contributed by atoms with Crippen LogP contribution in [-0.4, -0.2) is 18.0 Å². The van der Waals surface area contributed by atoms with Crippen LogP contribution >= 0.6 is 0 Å². The van der Waals surface area contributed by atoms with Gasteiger partial charge in [-0.15, -0.1) is 0 Å². The van der Waals surface area contributed by atoms with Crippen LogP contribution in [0.3, 0.4) is 0 Å². The molecule has 0 aliphatic rings. The van der Waals surface area contributed by atoms with E-state index in [0.717, 1.165) is 16.8 Å². The molecule has 0 atom stereocenters. The van der Waals surface area contributed by atoms with Crippen molar-refractivity contribution in [1.82, 2.24) is 4.98 Å². The number of anilines is 1. The molecule has 1 heterocycles. The molecule has 3 aromatic rings. The standard InChI is InChI=1S/C17H16N2O3/c1-21-15-5-3-2-4-12(15)6-9-17(20)19-13-7-8-14-16(10-13)22-11-18-14/h2-5,7-8,10-11H,6,9H2,1H3,(H,19,20).